The molecule has 1 aromatic rings. The number of hydrogen-bond donors (Lipinski definition) is 2. The number of benzene rings is 1. The topological polar surface area (TPSA) is 49.7 Å². The number of aliphatic hydroxyl groups is 2. The highest BCUT2D eigenvalue weighted by Gasteiger charge is 2.35. The maximum atomic E-state index is 9.69. The van der Waals surface area contributed by atoms with Gasteiger partial charge in [-0.2, -0.15) is 0 Å². The molecule has 0 aromatic heterocycles. The minimum atomic E-state index is -0.666. The van der Waals surface area contributed by atoms with Gasteiger partial charge in [-0.1, -0.05) is 29.3 Å². The van der Waals surface area contributed by atoms with Crippen molar-refractivity contribution in [3.63, 3.8) is 0 Å². The van der Waals surface area contributed by atoms with Gasteiger partial charge in [-0.15, -0.1) is 0 Å². The molecule has 5 heteroatoms. The van der Waals surface area contributed by atoms with Gasteiger partial charge in [0.1, 0.15) is 6.10 Å². The lowest BCUT2D eigenvalue weighted by Gasteiger charge is -2.15. The third-order valence-corrected chi connectivity index (χ3v) is 3.77. The molecule has 17 heavy (non-hydrogen) atoms. The first-order valence-corrected chi connectivity index (χ1v) is 6.18. The molecule has 2 N–H and O–H groups in total. The summed E-state index contributed by atoms with van der Waals surface area (Å²) in [5.41, 5.74) is 1.76. The maximum Gasteiger partial charge on any atom is 0.107 e. The highest BCUT2D eigenvalue weighted by Crippen LogP contribution is 2.39. The standard InChI is InChI=1S/C12H14Cl2O3/c1-6-2-7(12(14)8(13)3-6)10-4-9(16)11(5-15)17-10/h2-3,9-11,15-16H,4-5H2,1H3/t9-,10+,11+/m0/s1. The van der Waals surface area contributed by atoms with Crippen molar-refractivity contribution < 1.29 is 14.9 Å². The van der Waals surface area contributed by atoms with Crippen molar-refractivity contribution in [3.05, 3.63) is 33.3 Å². The number of aliphatic hydroxyl groups excluding tert-OH is 2. The molecule has 2 rings (SSSR count). The van der Waals surface area contributed by atoms with Crippen LogP contribution in [0.2, 0.25) is 10.0 Å². The quantitative estimate of drug-likeness (QED) is 0.873. The van der Waals surface area contributed by atoms with Gasteiger partial charge in [0.15, 0.2) is 0 Å². The van der Waals surface area contributed by atoms with Gasteiger partial charge in [-0.3, -0.25) is 0 Å². The van der Waals surface area contributed by atoms with Gasteiger partial charge < -0.3 is 14.9 Å². The van der Waals surface area contributed by atoms with E-state index in [1.54, 1.807) is 6.07 Å². The summed E-state index contributed by atoms with van der Waals surface area (Å²) in [4.78, 5) is 0. The molecule has 0 amide bonds. The van der Waals surface area contributed by atoms with Gasteiger partial charge >= 0.3 is 0 Å². The van der Waals surface area contributed by atoms with E-state index in [0.717, 1.165) is 11.1 Å². The molecule has 3 nitrogen and oxygen atoms in total. The summed E-state index contributed by atoms with van der Waals surface area (Å²) in [5.74, 6) is 0. The smallest absolute Gasteiger partial charge is 0.107 e. The van der Waals surface area contributed by atoms with E-state index >= 15 is 0 Å². The lowest BCUT2D eigenvalue weighted by Crippen LogP contribution is -2.24. The molecule has 0 bridgehead atoms. The zero-order valence-corrected chi connectivity index (χ0v) is 10.9. The Balaban J connectivity index is 2.30. The normalized spacial score (nSPS) is 28.6. The second-order valence-electron chi connectivity index (χ2n) is 4.30. The SMILES string of the molecule is Cc1cc(Cl)c(Cl)c([C@H]2C[C@H](O)[C@@H](CO)O2)c1. The summed E-state index contributed by atoms with van der Waals surface area (Å²) in [6.45, 7) is 1.72. The first-order valence-electron chi connectivity index (χ1n) is 5.43. The van der Waals surface area contributed by atoms with Crippen molar-refractivity contribution in [2.24, 2.45) is 0 Å². The summed E-state index contributed by atoms with van der Waals surface area (Å²) in [6.07, 6.45) is -1.10. The minimum absolute atomic E-state index is 0.200. The van der Waals surface area contributed by atoms with Gasteiger partial charge in [-0.05, 0) is 18.6 Å². The largest absolute Gasteiger partial charge is 0.394 e. The Kier molecular flexibility index (Phi) is 3.95. The van der Waals surface area contributed by atoms with E-state index in [0.29, 0.717) is 16.5 Å². The Bertz CT molecular complexity index is 422. The Morgan fingerprint density at radius 1 is 1.41 bits per heavy atom. The van der Waals surface area contributed by atoms with Crippen LogP contribution in [0.15, 0.2) is 12.1 Å². The number of rotatable bonds is 2. The van der Waals surface area contributed by atoms with E-state index in [-0.39, 0.29) is 12.7 Å². The molecule has 3 atom stereocenters. The van der Waals surface area contributed by atoms with Crippen LogP contribution in [0.4, 0.5) is 0 Å². The molecule has 1 fully saturated rings. The third-order valence-electron chi connectivity index (χ3n) is 2.95. The van der Waals surface area contributed by atoms with Crippen LogP contribution in [-0.2, 0) is 4.74 Å². The molecule has 1 saturated heterocycles. The van der Waals surface area contributed by atoms with Gasteiger partial charge in [0, 0.05) is 12.0 Å². The Hall–Kier alpha value is -0.320. The van der Waals surface area contributed by atoms with Crippen LogP contribution >= 0.6 is 23.2 Å². The second-order valence-corrected chi connectivity index (χ2v) is 5.08. The first kappa shape index (κ1) is 13.1. The van der Waals surface area contributed by atoms with Crippen LogP contribution in [-0.4, -0.2) is 29.0 Å². The zero-order chi connectivity index (χ0) is 12.6. The van der Waals surface area contributed by atoms with Gasteiger partial charge in [0.2, 0.25) is 0 Å². The molecule has 0 radical (unpaired) electrons. The number of ether oxygens (including phenoxy) is 1. The molecule has 0 aliphatic carbocycles. The molecule has 1 aliphatic rings. The summed E-state index contributed by atoms with van der Waals surface area (Å²) < 4.78 is 5.56. The first-order chi connectivity index (χ1) is 8.02. The lowest BCUT2D eigenvalue weighted by molar-refractivity contribution is -0.0225. The minimum Gasteiger partial charge on any atom is -0.394 e. The molecule has 0 unspecified atom stereocenters. The lowest BCUT2D eigenvalue weighted by atomic mass is 10.0. The highest BCUT2D eigenvalue weighted by atomic mass is 35.5. The molecule has 0 saturated carbocycles. The van der Waals surface area contributed by atoms with E-state index in [1.165, 1.54) is 0 Å². The average molecular weight is 277 g/mol. The van der Waals surface area contributed by atoms with Gasteiger partial charge in [-0.25, -0.2) is 0 Å². The summed E-state index contributed by atoms with van der Waals surface area (Å²) in [5, 5.41) is 19.7. The van der Waals surface area contributed by atoms with Crippen LogP contribution in [0.25, 0.3) is 0 Å². The monoisotopic (exact) mass is 276 g/mol. The van der Waals surface area contributed by atoms with Crippen LogP contribution in [0.1, 0.15) is 23.7 Å². The van der Waals surface area contributed by atoms with Crippen molar-refractivity contribution in [1.82, 2.24) is 0 Å². The van der Waals surface area contributed by atoms with Crippen LogP contribution in [0, 0.1) is 6.92 Å². The second kappa shape index (κ2) is 5.12. The van der Waals surface area contributed by atoms with Crippen LogP contribution in [0.5, 0.6) is 0 Å². The van der Waals surface area contributed by atoms with Crippen molar-refractivity contribution >= 4 is 23.2 Å². The van der Waals surface area contributed by atoms with Crippen molar-refractivity contribution in [3.8, 4) is 0 Å². The summed E-state index contributed by atoms with van der Waals surface area (Å²) in [6, 6.07) is 3.67. The Morgan fingerprint density at radius 3 is 2.71 bits per heavy atom. The van der Waals surface area contributed by atoms with E-state index in [4.69, 9.17) is 33.0 Å². The highest BCUT2D eigenvalue weighted by molar-refractivity contribution is 6.42. The molecule has 1 aliphatic heterocycles. The molecular formula is C12H14Cl2O3. The van der Waals surface area contributed by atoms with Crippen molar-refractivity contribution in [2.45, 2.75) is 31.7 Å². The van der Waals surface area contributed by atoms with Crippen LogP contribution in [0.3, 0.4) is 0 Å². The Morgan fingerprint density at radius 2 is 2.12 bits per heavy atom. The fourth-order valence-electron chi connectivity index (χ4n) is 2.08. The number of halogens is 2. The molecule has 0 spiro atoms. The fraction of sp³-hybridized carbons (Fsp3) is 0.500. The van der Waals surface area contributed by atoms with Crippen LogP contribution < -0.4 is 0 Å². The van der Waals surface area contributed by atoms with Gasteiger partial charge in [0.25, 0.3) is 0 Å². The third kappa shape index (κ3) is 2.59. The molecule has 1 heterocycles. The van der Waals surface area contributed by atoms with E-state index in [2.05, 4.69) is 0 Å². The number of hydrogen-bond acceptors (Lipinski definition) is 3. The van der Waals surface area contributed by atoms with E-state index < -0.39 is 12.2 Å². The van der Waals surface area contributed by atoms with Crippen molar-refractivity contribution in [2.75, 3.05) is 6.61 Å². The summed E-state index contributed by atoms with van der Waals surface area (Å²) >= 11 is 12.1. The summed E-state index contributed by atoms with van der Waals surface area (Å²) in [7, 11) is 0. The zero-order valence-electron chi connectivity index (χ0n) is 9.36. The maximum absolute atomic E-state index is 9.69. The van der Waals surface area contributed by atoms with E-state index in [9.17, 15) is 5.11 Å². The predicted molar refractivity (Wildman–Crippen MR) is 66.5 cm³/mol. The molecule has 1 aromatic carbocycles. The van der Waals surface area contributed by atoms with E-state index in [1.807, 2.05) is 13.0 Å². The van der Waals surface area contributed by atoms with Crippen molar-refractivity contribution in [1.29, 1.82) is 0 Å². The average Bonchev–Trinajstić information content (AvgIpc) is 2.64. The Labute approximate surface area is 110 Å². The molecular weight excluding hydrogens is 263 g/mol. The van der Waals surface area contributed by atoms with Gasteiger partial charge in [0.05, 0.1) is 28.9 Å². The molecule has 94 valence electrons. The predicted octanol–water partition coefficient (Wildman–Crippen LogP) is 2.49. The number of aryl methyl sites for hydroxylation is 1. The fourth-order valence-corrected chi connectivity index (χ4v) is 2.59.